The van der Waals surface area contributed by atoms with Crippen LogP contribution >= 0.6 is 11.6 Å². The highest BCUT2D eigenvalue weighted by atomic mass is 35.5. The van der Waals surface area contributed by atoms with Crippen molar-refractivity contribution in [2.24, 2.45) is 0 Å². The van der Waals surface area contributed by atoms with E-state index < -0.39 is 17.8 Å². The number of fused-ring (bicyclic) bond motifs is 1. The molecule has 4 rings (SSSR count). The van der Waals surface area contributed by atoms with Gasteiger partial charge in [0.2, 0.25) is 0 Å². The molecule has 4 amide bonds. The predicted molar refractivity (Wildman–Crippen MR) is 128 cm³/mol. The summed E-state index contributed by atoms with van der Waals surface area (Å²) in [5.74, 6) is -0.966. The average molecular weight is 482 g/mol. The molecule has 3 aromatic rings. The van der Waals surface area contributed by atoms with Gasteiger partial charge in [-0.1, -0.05) is 43.6 Å². The number of hydrogen-bond acceptors (Lipinski definition) is 6. The Morgan fingerprint density at radius 2 is 1.59 bits per heavy atom. The zero-order valence-corrected chi connectivity index (χ0v) is 19.7. The molecule has 0 N–H and O–H groups in total. The van der Waals surface area contributed by atoms with Crippen molar-refractivity contribution in [2.45, 2.75) is 33.2 Å². The van der Waals surface area contributed by atoms with Crippen LogP contribution in [0.3, 0.4) is 0 Å². The Bertz CT molecular complexity index is 1260. The number of para-hydroxylation sites is 1. The minimum atomic E-state index is -0.946. The Morgan fingerprint density at radius 1 is 0.882 bits per heavy atom. The van der Waals surface area contributed by atoms with E-state index in [4.69, 9.17) is 21.1 Å². The molecule has 0 atom stereocenters. The molecular weight excluding hydrogens is 458 g/mol. The van der Waals surface area contributed by atoms with E-state index in [1.54, 1.807) is 18.2 Å². The fourth-order valence-corrected chi connectivity index (χ4v) is 3.79. The summed E-state index contributed by atoms with van der Waals surface area (Å²) >= 11 is 6.31. The van der Waals surface area contributed by atoms with Crippen LogP contribution in [0.1, 0.15) is 32.3 Å². The lowest BCUT2D eigenvalue weighted by Gasteiger charge is -2.18. The maximum absolute atomic E-state index is 13.2. The van der Waals surface area contributed by atoms with Gasteiger partial charge in [-0.25, -0.2) is 14.7 Å². The number of pyridine rings is 1. The Labute approximate surface area is 202 Å². The van der Waals surface area contributed by atoms with Crippen molar-refractivity contribution in [1.82, 2.24) is 9.88 Å². The van der Waals surface area contributed by atoms with Gasteiger partial charge in [-0.2, -0.15) is 0 Å². The Kier molecular flexibility index (Phi) is 6.98. The monoisotopic (exact) mass is 481 g/mol. The van der Waals surface area contributed by atoms with Crippen molar-refractivity contribution in [3.05, 3.63) is 59.2 Å². The van der Waals surface area contributed by atoms with E-state index in [-0.39, 0.29) is 17.4 Å². The van der Waals surface area contributed by atoms with E-state index in [1.807, 2.05) is 38.1 Å². The third-order valence-corrected chi connectivity index (χ3v) is 5.57. The minimum Gasteiger partial charge on any atom is -0.490 e. The van der Waals surface area contributed by atoms with Crippen molar-refractivity contribution in [3.63, 3.8) is 0 Å². The van der Waals surface area contributed by atoms with Crippen LogP contribution in [0.5, 0.6) is 11.5 Å². The average Bonchev–Trinajstić information content (AvgIpc) is 3.05. The summed E-state index contributed by atoms with van der Waals surface area (Å²) in [5, 5.41) is 0.974. The van der Waals surface area contributed by atoms with E-state index in [0.29, 0.717) is 35.8 Å². The smallest absolute Gasteiger partial charge is 0.339 e. The number of aromatic nitrogens is 1. The zero-order valence-electron chi connectivity index (χ0n) is 18.9. The highest BCUT2D eigenvalue weighted by molar-refractivity contribution is 6.52. The maximum atomic E-state index is 13.2. The van der Waals surface area contributed by atoms with Gasteiger partial charge in [-0.3, -0.25) is 14.5 Å². The van der Waals surface area contributed by atoms with Gasteiger partial charge >= 0.3 is 17.8 Å². The highest BCUT2D eigenvalue weighted by Crippen LogP contribution is 2.35. The topological polar surface area (TPSA) is 89.0 Å². The number of carbonyl (C=O) groups excluding carboxylic acids is 3. The van der Waals surface area contributed by atoms with Gasteiger partial charge < -0.3 is 9.47 Å². The summed E-state index contributed by atoms with van der Waals surface area (Å²) in [5.41, 5.74) is 1.38. The first-order valence-corrected chi connectivity index (χ1v) is 11.5. The number of urea groups is 1. The fraction of sp³-hybridized carbons (Fsp3) is 0.280. The quantitative estimate of drug-likeness (QED) is 0.244. The number of benzene rings is 2. The van der Waals surface area contributed by atoms with Crippen molar-refractivity contribution in [1.29, 1.82) is 0 Å². The number of ether oxygens (including phenoxy) is 2. The molecule has 1 aliphatic heterocycles. The Morgan fingerprint density at radius 3 is 2.32 bits per heavy atom. The number of carbonyl (C=O) groups is 3. The van der Waals surface area contributed by atoms with Crippen LogP contribution < -0.4 is 14.4 Å². The molecule has 0 saturated carbocycles. The van der Waals surface area contributed by atoms with Gasteiger partial charge in [-0.15, -0.1) is 0 Å². The molecule has 34 heavy (non-hydrogen) atoms. The predicted octanol–water partition coefficient (Wildman–Crippen LogP) is 4.96. The van der Waals surface area contributed by atoms with Crippen LogP contribution in [0.15, 0.2) is 48.5 Å². The highest BCUT2D eigenvalue weighted by Gasteiger charge is 2.45. The normalized spacial score (nSPS) is 13.8. The van der Waals surface area contributed by atoms with Crippen LogP contribution in [-0.4, -0.2) is 40.9 Å². The van der Waals surface area contributed by atoms with E-state index in [1.165, 1.54) is 6.07 Å². The van der Waals surface area contributed by atoms with E-state index in [2.05, 4.69) is 4.98 Å². The molecule has 0 bridgehead atoms. The molecule has 2 heterocycles. The molecule has 8 nitrogen and oxygen atoms in total. The second kappa shape index (κ2) is 10.1. The lowest BCUT2D eigenvalue weighted by Crippen LogP contribution is -2.33. The molecule has 1 aliphatic rings. The number of nitrogens with zero attached hydrogens (tertiary/aromatic N) is 3. The van der Waals surface area contributed by atoms with Crippen LogP contribution in [0.2, 0.25) is 5.15 Å². The summed E-state index contributed by atoms with van der Waals surface area (Å²) < 4.78 is 11.5. The first-order chi connectivity index (χ1) is 16.4. The fourth-order valence-electron chi connectivity index (χ4n) is 3.58. The molecule has 0 unspecified atom stereocenters. The lowest BCUT2D eigenvalue weighted by atomic mass is 10.1. The zero-order chi connectivity index (χ0) is 24.2. The summed E-state index contributed by atoms with van der Waals surface area (Å²) in [6, 6.07) is 13.1. The summed E-state index contributed by atoms with van der Waals surface area (Å²) in [7, 11) is 0. The summed E-state index contributed by atoms with van der Waals surface area (Å²) in [6.07, 6.45) is 1.58. The molecular formula is C25H24ClN3O5. The first-order valence-electron chi connectivity index (χ1n) is 11.1. The van der Waals surface area contributed by atoms with E-state index >= 15 is 0 Å². The molecule has 0 aliphatic carbocycles. The van der Waals surface area contributed by atoms with E-state index in [9.17, 15) is 14.4 Å². The van der Waals surface area contributed by atoms with Crippen molar-refractivity contribution < 1.29 is 23.9 Å². The molecule has 0 radical (unpaired) electrons. The minimum absolute atomic E-state index is 0.165. The van der Waals surface area contributed by atoms with Crippen molar-refractivity contribution in [3.8, 4) is 11.5 Å². The third-order valence-electron chi connectivity index (χ3n) is 5.24. The molecule has 2 aromatic carbocycles. The lowest BCUT2D eigenvalue weighted by molar-refractivity contribution is -0.139. The molecule has 1 fully saturated rings. The van der Waals surface area contributed by atoms with Crippen LogP contribution in [-0.2, 0) is 16.1 Å². The van der Waals surface area contributed by atoms with E-state index in [0.717, 1.165) is 28.0 Å². The standard InChI is InChI=1S/C25H24ClN3O5/c1-3-11-33-20-10-9-18(14-21(20)34-12-4-2)29-24(31)23(30)28(25(29)32)15-17-13-16-7-5-6-8-19(16)27-22(17)26/h5-10,13-14H,3-4,11-12,15H2,1-2H3. The molecule has 176 valence electrons. The van der Waals surface area contributed by atoms with Gasteiger partial charge in [0.1, 0.15) is 5.15 Å². The SMILES string of the molecule is CCCOc1ccc(N2C(=O)C(=O)N(Cc3cc4ccccc4nc3Cl)C2=O)cc1OCCC. The van der Waals surface area contributed by atoms with Gasteiger partial charge in [0.25, 0.3) is 0 Å². The number of hydrogen-bond donors (Lipinski definition) is 0. The Hall–Kier alpha value is -3.65. The molecule has 1 aromatic heterocycles. The number of imide groups is 2. The van der Waals surface area contributed by atoms with Gasteiger partial charge in [0, 0.05) is 17.0 Å². The number of rotatable bonds is 9. The third kappa shape index (κ3) is 4.54. The second-order valence-electron chi connectivity index (χ2n) is 7.77. The second-order valence-corrected chi connectivity index (χ2v) is 8.13. The molecule has 0 spiro atoms. The van der Waals surface area contributed by atoms with Gasteiger partial charge in [0.15, 0.2) is 11.5 Å². The summed E-state index contributed by atoms with van der Waals surface area (Å²) in [4.78, 5) is 44.7. The summed E-state index contributed by atoms with van der Waals surface area (Å²) in [6.45, 7) is 4.71. The van der Waals surface area contributed by atoms with Crippen molar-refractivity contribution in [2.75, 3.05) is 18.1 Å². The van der Waals surface area contributed by atoms with Crippen LogP contribution in [0, 0.1) is 0 Å². The van der Waals surface area contributed by atoms with Crippen molar-refractivity contribution >= 4 is 46.0 Å². The number of anilines is 1. The number of amides is 4. The van der Waals surface area contributed by atoms with Crippen LogP contribution in [0.4, 0.5) is 10.5 Å². The number of halogens is 1. The maximum Gasteiger partial charge on any atom is 0.339 e. The van der Waals surface area contributed by atoms with Gasteiger partial charge in [0.05, 0.1) is 31.0 Å². The van der Waals surface area contributed by atoms with Crippen LogP contribution in [0.25, 0.3) is 10.9 Å². The van der Waals surface area contributed by atoms with Gasteiger partial charge in [-0.05, 0) is 37.1 Å². The Balaban J connectivity index is 1.62. The molecule has 1 saturated heterocycles. The molecule has 9 heteroatoms. The largest absolute Gasteiger partial charge is 0.490 e. The first kappa shape index (κ1) is 23.5.